The van der Waals surface area contributed by atoms with Crippen LogP contribution in [-0.2, 0) is 22.6 Å². The van der Waals surface area contributed by atoms with Crippen molar-refractivity contribution in [3.63, 3.8) is 0 Å². The molecule has 7 heteroatoms. The molecule has 29 heavy (non-hydrogen) atoms. The Bertz CT molecular complexity index is 996. The third kappa shape index (κ3) is 5.38. The van der Waals surface area contributed by atoms with E-state index in [0.717, 1.165) is 28.3 Å². The van der Waals surface area contributed by atoms with Gasteiger partial charge in [0.25, 0.3) is 0 Å². The Labute approximate surface area is 174 Å². The third-order valence-corrected chi connectivity index (χ3v) is 5.34. The number of esters is 1. The molecule has 0 aliphatic carbocycles. The van der Waals surface area contributed by atoms with Crippen molar-refractivity contribution >= 4 is 34.7 Å². The molecule has 2 aromatic carbocycles. The zero-order valence-electron chi connectivity index (χ0n) is 16.8. The first-order chi connectivity index (χ1) is 14.0. The summed E-state index contributed by atoms with van der Waals surface area (Å²) < 4.78 is 6.87. The zero-order chi connectivity index (χ0) is 20.8. The molecule has 0 atom stereocenters. The maximum atomic E-state index is 12.3. The van der Waals surface area contributed by atoms with E-state index in [1.165, 1.54) is 18.9 Å². The lowest BCUT2D eigenvalue weighted by Crippen LogP contribution is -2.24. The predicted molar refractivity (Wildman–Crippen MR) is 115 cm³/mol. The molecule has 0 saturated heterocycles. The quantitative estimate of drug-likeness (QED) is 0.450. The summed E-state index contributed by atoms with van der Waals surface area (Å²) in [7, 11) is 1.35. The van der Waals surface area contributed by atoms with E-state index in [-0.39, 0.29) is 11.9 Å². The van der Waals surface area contributed by atoms with Gasteiger partial charge in [-0.1, -0.05) is 49.9 Å². The summed E-state index contributed by atoms with van der Waals surface area (Å²) in [5, 5.41) is 3.77. The smallest absolute Gasteiger partial charge is 0.337 e. The van der Waals surface area contributed by atoms with Crippen molar-refractivity contribution in [2.45, 2.75) is 32.1 Å². The van der Waals surface area contributed by atoms with Crippen LogP contribution in [0.15, 0.2) is 53.7 Å². The van der Waals surface area contributed by atoms with Crippen LogP contribution in [0, 0.1) is 5.92 Å². The molecular formula is C22H25N3O3S. The lowest BCUT2D eigenvalue weighted by Gasteiger charge is -2.11. The fraction of sp³-hybridized carbons (Fsp3) is 0.318. The highest BCUT2D eigenvalue weighted by atomic mass is 32.2. The molecule has 0 spiro atoms. The van der Waals surface area contributed by atoms with Gasteiger partial charge < -0.3 is 14.6 Å². The van der Waals surface area contributed by atoms with Crippen LogP contribution >= 0.6 is 11.8 Å². The van der Waals surface area contributed by atoms with Gasteiger partial charge in [0.15, 0.2) is 5.16 Å². The van der Waals surface area contributed by atoms with E-state index >= 15 is 0 Å². The molecule has 1 aromatic heterocycles. The largest absolute Gasteiger partial charge is 0.465 e. The number of ether oxygens (including phenoxy) is 1. The van der Waals surface area contributed by atoms with Gasteiger partial charge in [-0.15, -0.1) is 0 Å². The molecule has 152 valence electrons. The minimum Gasteiger partial charge on any atom is -0.465 e. The van der Waals surface area contributed by atoms with Crippen molar-refractivity contribution < 1.29 is 14.3 Å². The molecule has 1 N–H and O–H groups in total. The van der Waals surface area contributed by atoms with Crippen LogP contribution in [-0.4, -0.2) is 34.3 Å². The highest BCUT2D eigenvalue weighted by Gasteiger charge is 2.14. The summed E-state index contributed by atoms with van der Waals surface area (Å²) >= 11 is 1.45. The highest BCUT2D eigenvalue weighted by molar-refractivity contribution is 7.99. The van der Waals surface area contributed by atoms with Gasteiger partial charge >= 0.3 is 5.97 Å². The molecule has 0 radical (unpaired) electrons. The predicted octanol–water partition coefficient (Wildman–Crippen LogP) is 3.89. The topological polar surface area (TPSA) is 73.2 Å². The maximum Gasteiger partial charge on any atom is 0.337 e. The van der Waals surface area contributed by atoms with E-state index in [4.69, 9.17) is 4.98 Å². The van der Waals surface area contributed by atoms with E-state index in [0.29, 0.717) is 23.8 Å². The summed E-state index contributed by atoms with van der Waals surface area (Å²) in [6.07, 6.45) is 0. The minimum absolute atomic E-state index is 0.0600. The maximum absolute atomic E-state index is 12.3. The number of aromatic nitrogens is 2. The van der Waals surface area contributed by atoms with Gasteiger partial charge in [0.05, 0.1) is 29.5 Å². The van der Waals surface area contributed by atoms with Crippen LogP contribution in [0.3, 0.4) is 0 Å². The van der Waals surface area contributed by atoms with Gasteiger partial charge in [-0.05, 0) is 35.7 Å². The highest BCUT2D eigenvalue weighted by Crippen LogP contribution is 2.25. The second kappa shape index (κ2) is 9.60. The molecule has 3 rings (SSSR count). The first kappa shape index (κ1) is 20.9. The first-order valence-corrected chi connectivity index (χ1v) is 10.5. The van der Waals surface area contributed by atoms with Crippen molar-refractivity contribution in [1.82, 2.24) is 14.9 Å². The van der Waals surface area contributed by atoms with Crippen LogP contribution in [0.2, 0.25) is 0 Å². The number of fused-ring (bicyclic) bond motifs is 1. The number of nitrogens with one attached hydrogen (secondary N) is 1. The Kier molecular flexibility index (Phi) is 6.93. The first-order valence-electron chi connectivity index (χ1n) is 9.50. The zero-order valence-corrected chi connectivity index (χ0v) is 17.7. The summed E-state index contributed by atoms with van der Waals surface area (Å²) in [5.74, 6) is 0.340. The second-order valence-electron chi connectivity index (χ2n) is 7.14. The van der Waals surface area contributed by atoms with Gasteiger partial charge in [0.1, 0.15) is 0 Å². The van der Waals surface area contributed by atoms with Gasteiger partial charge in [0, 0.05) is 13.1 Å². The fourth-order valence-electron chi connectivity index (χ4n) is 2.96. The minimum atomic E-state index is -0.374. The summed E-state index contributed by atoms with van der Waals surface area (Å²) in [4.78, 5) is 28.5. The standard InChI is InChI=1S/C22H25N3O3S/c1-15(2)13-25-19-7-5-4-6-18(19)24-22(25)29-14-20(26)23-12-16-8-10-17(11-9-16)21(27)28-3/h4-11,15H,12-14H2,1-3H3,(H,23,26). The number of methoxy groups -OCH3 is 1. The molecule has 0 unspecified atom stereocenters. The van der Waals surface area contributed by atoms with Crippen LogP contribution in [0.1, 0.15) is 29.8 Å². The molecule has 0 fully saturated rings. The van der Waals surface area contributed by atoms with E-state index in [1.54, 1.807) is 12.1 Å². The number of benzene rings is 2. The van der Waals surface area contributed by atoms with Crippen molar-refractivity contribution in [3.8, 4) is 0 Å². The number of nitrogens with zero attached hydrogens (tertiary/aromatic N) is 2. The summed E-state index contributed by atoms with van der Waals surface area (Å²) in [6.45, 7) is 5.60. The lowest BCUT2D eigenvalue weighted by atomic mass is 10.1. The average Bonchev–Trinajstić information content (AvgIpc) is 3.07. The van der Waals surface area contributed by atoms with Crippen LogP contribution < -0.4 is 5.32 Å². The van der Waals surface area contributed by atoms with E-state index < -0.39 is 0 Å². The second-order valence-corrected chi connectivity index (χ2v) is 8.08. The number of imidazole rings is 1. The molecule has 0 saturated carbocycles. The molecule has 1 amide bonds. The van der Waals surface area contributed by atoms with Gasteiger partial charge in [0.2, 0.25) is 5.91 Å². The van der Waals surface area contributed by atoms with E-state index in [9.17, 15) is 9.59 Å². The number of hydrogen-bond acceptors (Lipinski definition) is 5. The molecule has 1 heterocycles. The van der Waals surface area contributed by atoms with Crippen molar-refractivity contribution in [2.75, 3.05) is 12.9 Å². The Morgan fingerprint density at radius 2 is 1.86 bits per heavy atom. The van der Waals surface area contributed by atoms with Gasteiger partial charge in [-0.2, -0.15) is 0 Å². The number of carbonyl (C=O) groups is 2. The monoisotopic (exact) mass is 411 g/mol. The Balaban J connectivity index is 1.58. The average molecular weight is 412 g/mol. The molecular weight excluding hydrogens is 386 g/mol. The summed E-state index contributed by atoms with van der Waals surface area (Å²) in [5.41, 5.74) is 3.45. The van der Waals surface area contributed by atoms with E-state index in [1.807, 2.05) is 30.3 Å². The van der Waals surface area contributed by atoms with Crippen molar-refractivity contribution in [1.29, 1.82) is 0 Å². The van der Waals surface area contributed by atoms with Crippen LogP contribution in [0.25, 0.3) is 11.0 Å². The molecule has 0 aliphatic rings. The van der Waals surface area contributed by atoms with Crippen LogP contribution in [0.5, 0.6) is 0 Å². The number of rotatable bonds is 8. The van der Waals surface area contributed by atoms with Gasteiger partial charge in [-0.25, -0.2) is 9.78 Å². The third-order valence-electron chi connectivity index (χ3n) is 4.36. The van der Waals surface area contributed by atoms with E-state index in [2.05, 4.69) is 34.5 Å². The van der Waals surface area contributed by atoms with Gasteiger partial charge in [-0.3, -0.25) is 4.79 Å². The normalized spacial score (nSPS) is 11.0. The Morgan fingerprint density at radius 1 is 1.14 bits per heavy atom. The number of hydrogen-bond donors (Lipinski definition) is 1. The molecule has 6 nitrogen and oxygen atoms in total. The molecule has 0 bridgehead atoms. The lowest BCUT2D eigenvalue weighted by molar-refractivity contribution is -0.118. The fourth-order valence-corrected chi connectivity index (χ4v) is 3.82. The number of thioether (sulfide) groups is 1. The number of amides is 1. The van der Waals surface area contributed by atoms with Crippen LogP contribution in [0.4, 0.5) is 0 Å². The Morgan fingerprint density at radius 3 is 2.55 bits per heavy atom. The number of carbonyl (C=O) groups excluding carboxylic acids is 2. The van der Waals surface area contributed by atoms with Crippen molar-refractivity contribution in [3.05, 3.63) is 59.7 Å². The molecule has 0 aliphatic heterocycles. The summed E-state index contributed by atoms with van der Waals surface area (Å²) in [6, 6.07) is 15.0. The SMILES string of the molecule is COC(=O)c1ccc(CNC(=O)CSc2nc3ccccc3n2CC(C)C)cc1. The van der Waals surface area contributed by atoms with Crippen molar-refractivity contribution in [2.24, 2.45) is 5.92 Å². The Hall–Kier alpha value is -2.80. The molecule has 3 aromatic rings. The number of para-hydroxylation sites is 2.